The number of hydrogen-bond donors (Lipinski definition) is 0. The average molecular weight is 311 g/mol. The average Bonchev–Trinajstić information content (AvgIpc) is 2.36. The fourth-order valence-electron chi connectivity index (χ4n) is 3.66. The lowest BCUT2D eigenvalue weighted by Crippen LogP contribution is -2.50. The summed E-state index contributed by atoms with van der Waals surface area (Å²) >= 11 is 0. The molecule has 1 aliphatic carbocycles. The van der Waals surface area contributed by atoms with Gasteiger partial charge < -0.3 is 14.4 Å². The minimum atomic E-state index is -0.437. The molecular formula is C17H29NO4. The van der Waals surface area contributed by atoms with Gasteiger partial charge in [0.1, 0.15) is 5.60 Å². The maximum atomic E-state index is 12.1. The number of rotatable bonds is 3. The molecule has 0 N–H and O–H groups in total. The van der Waals surface area contributed by atoms with Crippen LogP contribution in [-0.2, 0) is 14.3 Å². The van der Waals surface area contributed by atoms with Crippen molar-refractivity contribution in [3.8, 4) is 0 Å². The Labute approximate surface area is 133 Å². The number of nitrogens with zero attached hydrogens (tertiary/aromatic N) is 1. The normalized spacial score (nSPS) is 21.4. The Kier molecular flexibility index (Phi) is 5.03. The fraction of sp³-hybridized carbons (Fsp3) is 0.882. The van der Waals surface area contributed by atoms with Gasteiger partial charge in [-0.05, 0) is 64.7 Å². The molecule has 0 aromatic rings. The van der Waals surface area contributed by atoms with E-state index in [2.05, 4.69) is 0 Å². The van der Waals surface area contributed by atoms with Crippen molar-refractivity contribution in [1.29, 1.82) is 0 Å². The van der Waals surface area contributed by atoms with Gasteiger partial charge in [0.05, 0.1) is 6.61 Å². The summed E-state index contributed by atoms with van der Waals surface area (Å²) in [4.78, 5) is 25.4. The molecular weight excluding hydrogens is 282 g/mol. The van der Waals surface area contributed by atoms with Gasteiger partial charge in [0.25, 0.3) is 0 Å². The number of carbonyl (C=O) groups is 2. The summed E-state index contributed by atoms with van der Waals surface area (Å²) in [7, 11) is 0. The highest BCUT2D eigenvalue weighted by Crippen LogP contribution is 2.53. The zero-order valence-electron chi connectivity index (χ0n) is 14.3. The predicted octanol–water partition coefficient (Wildman–Crippen LogP) is 3.37. The SMILES string of the molecule is CCOC(=O)CC1CC2(CCN(C(=O)OC(C)(C)C)CC2)C1. The van der Waals surface area contributed by atoms with Gasteiger partial charge in [-0.3, -0.25) is 4.79 Å². The van der Waals surface area contributed by atoms with E-state index in [0.29, 0.717) is 24.4 Å². The maximum Gasteiger partial charge on any atom is 0.410 e. The molecule has 0 radical (unpaired) electrons. The van der Waals surface area contributed by atoms with Crippen LogP contribution in [0.2, 0.25) is 0 Å². The second-order valence-electron chi connectivity index (χ2n) is 7.75. The first kappa shape index (κ1) is 17.1. The standard InChI is InChI=1S/C17H29NO4/c1-5-21-14(19)10-13-11-17(12-13)6-8-18(9-7-17)15(20)22-16(2,3)4/h13H,5-12H2,1-4H3. The molecule has 1 amide bonds. The molecule has 0 aromatic heterocycles. The van der Waals surface area contributed by atoms with Crippen LogP contribution in [0, 0.1) is 11.3 Å². The van der Waals surface area contributed by atoms with Crippen LogP contribution in [0.4, 0.5) is 4.79 Å². The summed E-state index contributed by atoms with van der Waals surface area (Å²) in [5.41, 5.74) is -0.0942. The molecule has 2 aliphatic rings. The zero-order valence-corrected chi connectivity index (χ0v) is 14.3. The monoisotopic (exact) mass is 311 g/mol. The van der Waals surface area contributed by atoms with Crippen molar-refractivity contribution in [2.45, 2.75) is 65.4 Å². The highest BCUT2D eigenvalue weighted by molar-refractivity contribution is 5.70. The lowest BCUT2D eigenvalue weighted by molar-refractivity contribution is -0.146. The first-order chi connectivity index (χ1) is 10.2. The van der Waals surface area contributed by atoms with Gasteiger partial charge in [-0.15, -0.1) is 0 Å². The van der Waals surface area contributed by atoms with Gasteiger partial charge in [-0.25, -0.2) is 4.79 Å². The van der Waals surface area contributed by atoms with E-state index in [-0.39, 0.29) is 12.1 Å². The summed E-state index contributed by atoms with van der Waals surface area (Å²) in [6.45, 7) is 9.50. The van der Waals surface area contributed by atoms with Crippen LogP contribution in [0.15, 0.2) is 0 Å². The first-order valence-corrected chi connectivity index (χ1v) is 8.36. The summed E-state index contributed by atoms with van der Waals surface area (Å²) in [6.07, 6.45) is 4.56. The van der Waals surface area contributed by atoms with Crippen LogP contribution in [-0.4, -0.2) is 42.3 Å². The molecule has 0 aromatic carbocycles. The molecule has 0 unspecified atom stereocenters. The Balaban J connectivity index is 1.72. The minimum Gasteiger partial charge on any atom is -0.466 e. The minimum absolute atomic E-state index is 0.0754. The second-order valence-corrected chi connectivity index (χ2v) is 7.75. The van der Waals surface area contributed by atoms with Crippen molar-refractivity contribution < 1.29 is 19.1 Å². The Morgan fingerprint density at radius 2 is 1.77 bits per heavy atom. The van der Waals surface area contributed by atoms with Crippen molar-refractivity contribution in [2.75, 3.05) is 19.7 Å². The molecule has 1 saturated heterocycles. The van der Waals surface area contributed by atoms with Crippen LogP contribution in [0.5, 0.6) is 0 Å². The lowest BCUT2D eigenvalue weighted by Gasteiger charge is -2.52. The van der Waals surface area contributed by atoms with E-state index in [1.54, 1.807) is 0 Å². The number of esters is 1. The van der Waals surface area contributed by atoms with Crippen LogP contribution in [0.25, 0.3) is 0 Å². The van der Waals surface area contributed by atoms with Gasteiger partial charge in [0.2, 0.25) is 0 Å². The van der Waals surface area contributed by atoms with Gasteiger partial charge in [-0.1, -0.05) is 0 Å². The fourth-order valence-corrected chi connectivity index (χ4v) is 3.66. The molecule has 1 saturated carbocycles. The van der Waals surface area contributed by atoms with E-state index in [0.717, 1.165) is 38.8 Å². The molecule has 2 fully saturated rings. The van der Waals surface area contributed by atoms with E-state index in [1.165, 1.54) is 0 Å². The molecule has 126 valence electrons. The zero-order chi connectivity index (χ0) is 16.4. The summed E-state index contributed by atoms with van der Waals surface area (Å²) in [5, 5.41) is 0. The predicted molar refractivity (Wildman–Crippen MR) is 83.4 cm³/mol. The molecule has 0 atom stereocenters. The molecule has 0 bridgehead atoms. The largest absolute Gasteiger partial charge is 0.466 e. The summed E-state index contributed by atoms with van der Waals surface area (Å²) in [5.74, 6) is 0.390. The maximum absolute atomic E-state index is 12.1. The third-order valence-electron chi connectivity index (χ3n) is 4.68. The van der Waals surface area contributed by atoms with Crippen LogP contribution < -0.4 is 0 Å². The first-order valence-electron chi connectivity index (χ1n) is 8.36. The third-order valence-corrected chi connectivity index (χ3v) is 4.68. The highest BCUT2D eigenvalue weighted by Gasteiger charge is 2.47. The van der Waals surface area contributed by atoms with Gasteiger partial charge in [0, 0.05) is 19.5 Å². The van der Waals surface area contributed by atoms with Crippen molar-refractivity contribution >= 4 is 12.1 Å². The van der Waals surface area contributed by atoms with Gasteiger partial charge >= 0.3 is 12.1 Å². The van der Waals surface area contributed by atoms with Crippen molar-refractivity contribution in [3.63, 3.8) is 0 Å². The molecule has 5 heteroatoms. The summed E-state index contributed by atoms with van der Waals surface area (Å²) in [6, 6.07) is 0. The number of carbonyl (C=O) groups excluding carboxylic acids is 2. The van der Waals surface area contributed by atoms with E-state index in [4.69, 9.17) is 9.47 Å². The van der Waals surface area contributed by atoms with E-state index in [1.807, 2.05) is 32.6 Å². The molecule has 2 rings (SSSR count). The highest BCUT2D eigenvalue weighted by atomic mass is 16.6. The van der Waals surface area contributed by atoms with E-state index < -0.39 is 5.60 Å². The molecule has 22 heavy (non-hydrogen) atoms. The number of hydrogen-bond acceptors (Lipinski definition) is 4. The number of piperidine rings is 1. The van der Waals surface area contributed by atoms with Crippen molar-refractivity contribution in [3.05, 3.63) is 0 Å². The lowest BCUT2D eigenvalue weighted by atomic mass is 9.57. The quantitative estimate of drug-likeness (QED) is 0.750. The van der Waals surface area contributed by atoms with E-state index >= 15 is 0 Å². The molecule has 1 heterocycles. The second kappa shape index (κ2) is 6.47. The van der Waals surface area contributed by atoms with Crippen molar-refractivity contribution in [2.24, 2.45) is 11.3 Å². The number of amides is 1. The van der Waals surface area contributed by atoms with Crippen molar-refractivity contribution in [1.82, 2.24) is 4.90 Å². The number of likely N-dealkylation sites (tertiary alicyclic amines) is 1. The smallest absolute Gasteiger partial charge is 0.410 e. The third kappa shape index (κ3) is 4.37. The summed E-state index contributed by atoms with van der Waals surface area (Å²) < 4.78 is 10.4. The Hall–Kier alpha value is -1.26. The van der Waals surface area contributed by atoms with Gasteiger partial charge in [-0.2, -0.15) is 0 Å². The number of ether oxygens (including phenoxy) is 2. The van der Waals surface area contributed by atoms with E-state index in [9.17, 15) is 9.59 Å². The topological polar surface area (TPSA) is 55.8 Å². The van der Waals surface area contributed by atoms with Crippen LogP contribution in [0.3, 0.4) is 0 Å². The Morgan fingerprint density at radius 3 is 2.27 bits per heavy atom. The van der Waals surface area contributed by atoms with Crippen LogP contribution in [0.1, 0.15) is 59.8 Å². The molecule has 5 nitrogen and oxygen atoms in total. The van der Waals surface area contributed by atoms with Crippen LogP contribution >= 0.6 is 0 Å². The van der Waals surface area contributed by atoms with Gasteiger partial charge in [0.15, 0.2) is 0 Å². The molecule has 1 aliphatic heterocycles. The Morgan fingerprint density at radius 1 is 1.18 bits per heavy atom. The Bertz CT molecular complexity index is 411. The molecule has 1 spiro atoms.